The molecule has 5 heteroatoms. The first kappa shape index (κ1) is 11.9. The van der Waals surface area contributed by atoms with E-state index in [1.807, 2.05) is 7.05 Å². The summed E-state index contributed by atoms with van der Waals surface area (Å²) in [6.45, 7) is 0. The number of nitrogens with one attached hydrogen (secondary N) is 1. The van der Waals surface area contributed by atoms with Crippen molar-refractivity contribution >= 4 is 11.6 Å². The number of amides is 1. The maximum atomic E-state index is 12.2. The van der Waals surface area contributed by atoms with Crippen LogP contribution in [0, 0.1) is 0 Å². The van der Waals surface area contributed by atoms with Gasteiger partial charge in [-0.05, 0) is 25.0 Å². The Morgan fingerprint density at radius 2 is 2.24 bits per heavy atom. The number of pyridine rings is 1. The van der Waals surface area contributed by atoms with Gasteiger partial charge in [0.25, 0.3) is 5.91 Å². The summed E-state index contributed by atoms with van der Waals surface area (Å²) in [5.74, 6) is 5.28. The fourth-order valence-corrected chi connectivity index (χ4v) is 2.28. The van der Waals surface area contributed by atoms with Crippen LogP contribution in [0.5, 0.6) is 0 Å². The highest BCUT2D eigenvalue weighted by Gasteiger charge is 2.24. The van der Waals surface area contributed by atoms with Crippen molar-refractivity contribution in [2.75, 3.05) is 12.5 Å². The number of anilines is 1. The molecule has 1 aliphatic rings. The average Bonchev–Trinajstić information content (AvgIpc) is 2.91. The lowest BCUT2D eigenvalue weighted by Gasteiger charge is -2.23. The molecule has 1 aromatic rings. The normalized spacial score (nSPS) is 15.9. The van der Waals surface area contributed by atoms with Crippen molar-refractivity contribution in [3.8, 4) is 0 Å². The number of hydrogen-bond acceptors (Lipinski definition) is 4. The first-order valence-electron chi connectivity index (χ1n) is 5.92. The second-order valence-corrected chi connectivity index (χ2v) is 4.43. The Kier molecular flexibility index (Phi) is 3.58. The molecule has 1 fully saturated rings. The van der Waals surface area contributed by atoms with Crippen LogP contribution < -0.4 is 11.3 Å². The molecule has 0 spiro atoms. The van der Waals surface area contributed by atoms with Gasteiger partial charge in [0.15, 0.2) is 0 Å². The highest BCUT2D eigenvalue weighted by atomic mass is 16.2. The lowest BCUT2D eigenvalue weighted by atomic mass is 10.2. The van der Waals surface area contributed by atoms with E-state index < -0.39 is 0 Å². The molecule has 1 aliphatic carbocycles. The monoisotopic (exact) mass is 234 g/mol. The number of nitrogen functional groups attached to an aromatic ring is 1. The molecule has 0 aromatic carbocycles. The van der Waals surface area contributed by atoms with Crippen LogP contribution >= 0.6 is 0 Å². The van der Waals surface area contributed by atoms with E-state index in [2.05, 4.69) is 10.4 Å². The topological polar surface area (TPSA) is 71.2 Å². The molecule has 5 nitrogen and oxygen atoms in total. The third kappa shape index (κ3) is 2.55. The number of aromatic nitrogens is 1. The van der Waals surface area contributed by atoms with E-state index in [0.29, 0.717) is 17.4 Å². The van der Waals surface area contributed by atoms with Crippen molar-refractivity contribution in [2.45, 2.75) is 31.7 Å². The first-order valence-corrected chi connectivity index (χ1v) is 5.92. The van der Waals surface area contributed by atoms with Crippen LogP contribution in [0.15, 0.2) is 18.3 Å². The highest BCUT2D eigenvalue weighted by Crippen LogP contribution is 2.23. The van der Waals surface area contributed by atoms with Crippen molar-refractivity contribution < 1.29 is 4.79 Å². The molecule has 0 radical (unpaired) electrons. The zero-order valence-electron chi connectivity index (χ0n) is 10.0. The number of hydrogen-bond donors (Lipinski definition) is 2. The minimum Gasteiger partial charge on any atom is -0.337 e. The van der Waals surface area contributed by atoms with Crippen LogP contribution in [0.25, 0.3) is 0 Å². The molecular formula is C12H18N4O. The number of hydrazine groups is 1. The number of carbonyl (C=O) groups excluding carboxylic acids is 1. The number of nitrogens with zero attached hydrogens (tertiary/aromatic N) is 2. The fourth-order valence-electron chi connectivity index (χ4n) is 2.28. The number of rotatable bonds is 3. The molecule has 1 heterocycles. The Morgan fingerprint density at radius 1 is 1.53 bits per heavy atom. The van der Waals surface area contributed by atoms with Crippen LogP contribution in [-0.2, 0) is 0 Å². The van der Waals surface area contributed by atoms with E-state index in [4.69, 9.17) is 5.84 Å². The van der Waals surface area contributed by atoms with Crippen molar-refractivity contribution in [3.05, 3.63) is 24.0 Å². The standard InChI is InChI=1S/C12H18N4O/c1-16(10-4-2-3-5-10)12(17)11-8-9(15-13)6-7-14-11/h6-8,10H,2-5,13H2,1H3,(H,14,15). The molecule has 17 heavy (non-hydrogen) atoms. The van der Waals surface area contributed by atoms with Gasteiger partial charge in [-0.1, -0.05) is 12.8 Å². The molecule has 2 rings (SSSR count). The third-order valence-electron chi connectivity index (χ3n) is 3.34. The predicted octanol–water partition coefficient (Wildman–Crippen LogP) is 1.38. The zero-order chi connectivity index (χ0) is 12.3. The Balaban J connectivity index is 2.12. The van der Waals surface area contributed by atoms with Crippen LogP contribution in [-0.4, -0.2) is 28.9 Å². The van der Waals surface area contributed by atoms with Crippen molar-refractivity contribution in [2.24, 2.45) is 5.84 Å². The summed E-state index contributed by atoms with van der Waals surface area (Å²) in [5, 5.41) is 0. The van der Waals surface area contributed by atoms with Gasteiger partial charge < -0.3 is 10.3 Å². The summed E-state index contributed by atoms with van der Waals surface area (Å²) < 4.78 is 0. The van der Waals surface area contributed by atoms with Crippen LogP contribution in [0.1, 0.15) is 36.2 Å². The van der Waals surface area contributed by atoms with Gasteiger partial charge >= 0.3 is 0 Å². The van der Waals surface area contributed by atoms with Gasteiger partial charge in [-0.3, -0.25) is 15.6 Å². The van der Waals surface area contributed by atoms with Crippen LogP contribution in [0.2, 0.25) is 0 Å². The first-order chi connectivity index (χ1) is 8.22. The van der Waals surface area contributed by atoms with Gasteiger partial charge in [-0.15, -0.1) is 0 Å². The Morgan fingerprint density at radius 3 is 2.88 bits per heavy atom. The molecule has 92 valence electrons. The molecule has 0 aliphatic heterocycles. The highest BCUT2D eigenvalue weighted by molar-refractivity contribution is 5.93. The molecule has 3 N–H and O–H groups in total. The maximum absolute atomic E-state index is 12.2. The van der Waals surface area contributed by atoms with E-state index in [9.17, 15) is 4.79 Å². The molecule has 0 unspecified atom stereocenters. The number of nitrogens with two attached hydrogens (primary N) is 1. The molecule has 1 aromatic heterocycles. The van der Waals surface area contributed by atoms with Gasteiger partial charge in [0.05, 0.1) is 5.69 Å². The summed E-state index contributed by atoms with van der Waals surface area (Å²) in [6.07, 6.45) is 6.19. The van der Waals surface area contributed by atoms with Gasteiger partial charge in [-0.2, -0.15) is 0 Å². The lowest BCUT2D eigenvalue weighted by molar-refractivity contribution is 0.0729. The maximum Gasteiger partial charge on any atom is 0.272 e. The van der Waals surface area contributed by atoms with E-state index in [1.165, 1.54) is 12.8 Å². The molecule has 1 saturated carbocycles. The zero-order valence-corrected chi connectivity index (χ0v) is 10.0. The summed E-state index contributed by atoms with van der Waals surface area (Å²) in [6, 6.07) is 3.76. The fraction of sp³-hybridized carbons (Fsp3) is 0.500. The minimum atomic E-state index is -0.0333. The largest absolute Gasteiger partial charge is 0.337 e. The van der Waals surface area contributed by atoms with Gasteiger partial charge in [-0.25, -0.2) is 0 Å². The van der Waals surface area contributed by atoms with E-state index in [1.54, 1.807) is 23.2 Å². The van der Waals surface area contributed by atoms with E-state index in [-0.39, 0.29) is 5.91 Å². The molecule has 0 bridgehead atoms. The number of carbonyl (C=O) groups is 1. The molecule has 0 atom stereocenters. The SMILES string of the molecule is CN(C(=O)c1cc(NN)ccn1)C1CCCC1. The summed E-state index contributed by atoms with van der Waals surface area (Å²) in [5.41, 5.74) is 3.66. The minimum absolute atomic E-state index is 0.0333. The van der Waals surface area contributed by atoms with Crippen LogP contribution in [0.4, 0.5) is 5.69 Å². The van der Waals surface area contributed by atoms with Gasteiger partial charge in [0.2, 0.25) is 0 Å². The van der Waals surface area contributed by atoms with Gasteiger partial charge in [0.1, 0.15) is 5.69 Å². The Hall–Kier alpha value is -1.62. The van der Waals surface area contributed by atoms with E-state index in [0.717, 1.165) is 12.8 Å². The van der Waals surface area contributed by atoms with E-state index >= 15 is 0 Å². The van der Waals surface area contributed by atoms with Crippen LogP contribution in [0.3, 0.4) is 0 Å². The average molecular weight is 234 g/mol. The quantitative estimate of drug-likeness (QED) is 0.612. The van der Waals surface area contributed by atoms with Crippen molar-refractivity contribution in [1.29, 1.82) is 0 Å². The van der Waals surface area contributed by atoms with Gasteiger partial charge in [0, 0.05) is 19.3 Å². The molecule has 0 saturated heterocycles. The van der Waals surface area contributed by atoms with Crippen molar-refractivity contribution in [1.82, 2.24) is 9.88 Å². The lowest BCUT2D eigenvalue weighted by Crippen LogP contribution is -2.35. The molecular weight excluding hydrogens is 216 g/mol. The Labute approximate surface area is 101 Å². The summed E-state index contributed by atoms with van der Waals surface area (Å²) in [7, 11) is 1.85. The summed E-state index contributed by atoms with van der Waals surface area (Å²) >= 11 is 0. The second-order valence-electron chi connectivity index (χ2n) is 4.43. The Bertz CT molecular complexity index is 401. The summed E-state index contributed by atoms with van der Waals surface area (Å²) in [4.78, 5) is 18.1. The molecule has 1 amide bonds. The smallest absolute Gasteiger partial charge is 0.272 e. The van der Waals surface area contributed by atoms with Crippen molar-refractivity contribution in [3.63, 3.8) is 0 Å². The second kappa shape index (κ2) is 5.14. The third-order valence-corrected chi connectivity index (χ3v) is 3.34. The predicted molar refractivity (Wildman–Crippen MR) is 66.4 cm³/mol.